The normalized spacial score (nSPS) is 17.1. The Labute approximate surface area is 76.8 Å². The Morgan fingerprint density at radius 3 is 3.00 bits per heavy atom. The van der Waals surface area contributed by atoms with Crippen molar-refractivity contribution in [2.45, 2.75) is 25.4 Å². The summed E-state index contributed by atoms with van der Waals surface area (Å²) in [7, 11) is 0. The molecule has 0 bridgehead atoms. The molecule has 1 aliphatic carbocycles. The predicted molar refractivity (Wildman–Crippen MR) is 48.1 cm³/mol. The highest BCUT2D eigenvalue weighted by Gasteiger charge is 2.16. The first-order valence-electron chi connectivity index (χ1n) is 4.54. The lowest BCUT2D eigenvalue weighted by Crippen LogP contribution is -2.14. The van der Waals surface area contributed by atoms with Crippen LogP contribution >= 0.6 is 0 Å². The van der Waals surface area contributed by atoms with E-state index in [0.717, 1.165) is 30.7 Å². The van der Waals surface area contributed by atoms with E-state index < -0.39 is 6.10 Å². The topological polar surface area (TPSA) is 72.0 Å². The summed E-state index contributed by atoms with van der Waals surface area (Å²) >= 11 is 0. The number of nitrogens with zero attached hydrogens (tertiary/aromatic N) is 2. The molecule has 1 aromatic rings. The van der Waals surface area contributed by atoms with Crippen molar-refractivity contribution in [3.05, 3.63) is 23.3 Å². The van der Waals surface area contributed by atoms with Crippen LogP contribution < -0.4 is 5.73 Å². The van der Waals surface area contributed by atoms with E-state index in [1.54, 1.807) is 6.20 Å². The maximum absolute atomic E-state index is 9.43. The lowest BCUT2D eigenvalue weighted by molar-refractivity contribution is 0.181. The van der Waals surface area contributed by atoms with E-state index in [4.69, 9.17) is 5.73 Å². The lowest BCUT2D eigenvalue weighted by Gasteiger charge is -2.07. The van der Waals surface area contributed by atoms with Crippen LogP contribution in [0.4, 0.5) is 0 Å². The van der Waals surface area contributed by atoms with E-state index >= 15 is 0 Å². The zero-order valence-corrected chi connectivity index (χ0v) is 7.40. The summed E-state index contributed by atoms with van der Waals surface area (Å²) in [5.74, 6) is 0. The molecule has 1 heterocycles. The second-order valence-electron chi connectivity index (χ2n) is 3.29. The summed E-state index contributed by atoms with van der Waals surface area (Å²) in [6.07, 6.45) is 4.08. The number of rotatable bonds is 2. The maximum atomic E-state index is 9.43. The standard InChI is InChI=1S/C9H13N3O/c10-4-9(13)8-5-11-6-2-1-3-7(6)12-8/h5,9,13H,1-4,10H2. The molecule has 1 aliphatic rings. The summed E-state index contributed by atoms with van der Waals surface area (Å²) in [5.41, 5.74) is 8.04. The van der Waals surface area contributed by atoms with Crippen molar-refractivity contribution in [1.29, 1.82) is 0 Å². The van der Waals surface area contributed by atoms with Gasteiger partial charge in [0.05, 0.1) is 23.3 Å². The third-order valence-electron chi connectivity index (χ3n) is 2.34. The van der Waals surface area contributed by atoms with Crippen LogP contribution in [0.1, 0.15) is 29.6 Å². The fraction of sp³-hybridized carbons (Fsp3) is 0.556. The van der Waals surface area contributed by atoms with Gasteiger partial charge < -0.3 is 10.8 Å². The molecule has 0 amide bonds. The van der Waals surface area contributed by atoms with E-state index in [0.29, 0.717) is 5.69 Å². The fourth-order valence-corrected chi connectivity index (χ4v) is 1.58. The van der Waals surface area contributed by atoms with Gasteiger partial charge in [0.2, 0.25) is 0 Å². The van der Waals surface area contributed by atoms with Gasteiger partial charge in [0.1, 0.15) is 6.10 Å². The second kappa shape index (κ2) is 3.40. The number of aliphatic hydroxyl groups is 1. The van der Waals surface area contributed by atoms with Gasteiger partial charge in [-0.05, 0) is 19.3 Å². The average Bonchev–Trinajstić information content (AvgIpc) is 2.63. The Morgan fingerprint density at radius 1 is 1.46 bits per heavy atom. The number of aryl methyl sites for hydroxylation is 2. The van der Waals surface area contributed by atoms with E-state index in [-0.39, 0.29) is 6.54 Å². The fourth-order valence-electron chi connectivity index (χ4n) is 1.58. The van der Waals surface area contributed by atoms with Crippen LogP contribution in [0.25, 0.3) is 0 Å². The van der Waals surface area contributed by atoms with Crippen molar-refractivity contribution in [2.24, 2.45) is 5.73 Å². The van der Waals surface area contributed by atoms with E-state index in [1.807, 2.05) is 0 Å². The highest BCUT2D eigenvalue weighted by Crippen LogP contribution is 2.19. The van der Waals surface area contributed by atoms with Crippen molar-refractivity contribution in [3.8, 4) is 0 Å². The molecule has 0 saturated carbocycles. The Morgan fingerprint density at radius 2 is 2.23 bits per heavy atom. The van der Waals surface area contributed by atoms with Crippen LogP contribution in [0.15, 0.2) is 6.20 Å². The van der Waals surface area contributed by atoms with Crippen LogP contribution in [-0.2, 0) is 12.8 Å². The van der Waals surface area contributed by atoms with Gasteiger partial charge in [0.15, 0.2) is 0 Å². The zero-order chi connectivity index (χ0) is 9.26. The van der Waals surface area contributed by atoms with Gasteiger partial charge in [0.25, 0.3) is 0 Å². The van der Waals surface area contributed by atoms with Crippen molar-refractivity contribution >= 4 is 0 Å². The predicted octanol–water partition coefficient (Wildman–Crippen LogP) is -0.0426. The Kier molecular flexibility index (Phi) is 2.24. The zero-order valence-electron chi connectivity index (χ0n) is 7.40. The minimum Gasteiger partial charge on any atom is -0.385 e. The molecule has 2 rings (SSSR count). The van der Waals surface area contributed by atoms with Crippen molar-refractivity contribution in [3.63, 3.8) is 0 Å². The molecule has 0 spiro atoms. The molecule has 0 radical (unpaired) electrons. The summed E-state index contributed by atoms with van der Waals surface area (Å²) in [5, 5.41) is 9.43. The van der Waals surface area contributed by atoms with E-state index in [1.165, 1.54) is 0 Å². The number of aliphatic hydroxyl groups excluding tert-OH is 1. The molecule has 70 valence electrons. The van der Waals surface area contributed by atoms with Gasteiger partial charge in [0, 0.05) is 6.54 Å². The summed E-state index contributed by atoms with van der Waals surface area (Å²) < 4.78 is 0. The first-order valence-corrected chi connectivity index (χ1v) is 4.54. The first-order chi connectivity index (χ1) is 6.31. The van der Waals surface area contributed by atoms with Gasteiger partial charge >= 0.3 is 0 Å². The van der Waals surface area contributed by atoms with Crippen molar-refractivity contribution < 1.29 is 5.11 Å². The molecular formula is C9H13N3O. The average molecular weight is 179 g/mol. The maximum Gasteiger partial charge on any atom is 0.110 e. The van der Waals surface area contributed by atoms with Crippen LogP contribution in [0, 0.1) is 0 Å². The number of nitrogens with two attached hydrogens (primary N) is 1. The lowest BCUT2D eigenvalue weighted by atomic mass is 10.2. The quantitative estimate of drug-likeness (QED) is 0.668. The molecule has 0 aliphatic heterocycles. The summed E-state index contributed by atoms with van der Waals surface area (Å²) in [4.78, 5) is 8.58. The molecule has 1 atom stereocenters. The number of hydrogen-bond acceptors (Lipinski definition) is 4. The smallest absolute Gasteiger partial charge is 0.110 e. The molecule has 3 N–H and O–H groups in total. The Bertz CT molecular complexity index is 314. The monoisotopic (exact) mass is 179 g/mol. The third kappa shape index (κ3) is 1.55. The number of aromatic nitrogens is 2. The number of fused-ring (bicyclic) bond motifs is 1. The SMILES string of the molecule is NCC(O)c1cnc2c(n1)CCC2. The van der Waals surface area contributed by atoms with Crippen LogP contribution in [0.5, 0.6) is 0 Å². The molecule has 4 heteroatoms. The van der Waals surface area contributed by atoms with Crippen LogP contribution in [0.3, 0.4) is 0 Å². The first kappa shape index (κ1) is 8.59. The Balaban J connectivity index is 2.30. The second-order valence-corrected chi connectivity index (χ2v) is 3.29. The molecule has 4 nitrogen and oxygen atoms in total. The largest absolute Gasteiger partial charge is 0.385 e. The molecule has 13 heavy (non-hydrogen) atoms. The van der Waals surface area contributed by atoms with Gasteiger partial charge in [-0.2, -0.15) is 0 Å². The van der Waals surface area contributed by atoms with Gasteiger partial charge in [-0.25, -0.2) is 0 Å². The highest BCUT2D eigenvalue weighted by atomic mass is 16.3. The molecule has 0 saturated heterocycles. The van der Waals surface area contributed by atoms with Crippen LogP contribution in [-0.4, -0.2) is 21.6 Å². The number of hydrogen-bond donors (Lipinski definition) is 2. The summed E-state index contributed by atoms with van der Waals surface area (Å²) in [6.45, 7) is 0.202. The minimum atomic E-state index is -0.668. The van der Waals surface area contributed by atoms with Gasteiger partial charge in [-0.15, -0.1) is 0 Å². The van der Waals surface area contributed by atoms with Gasteiger partial charge in [-0.1, -0.05) is 0 Å². The molecule has 1 aromatic heterocycles. The summed E-state index contributed by atoms with van der Waals surface area (Å²) in [6, 6.07) is 0. The highest BCUT2D eigenvalue weighted by molar-refractivity contribution is 5.19. The molecular weight excluding hydrogens is 166 g/mol. The van der Waals surface area contributed by atoms with Crippen molar-refractivity contribution in [1.82, 2.24) is 9.97 Å². The molecule has 0 fully saturated rings. The Hall–Kier alpha value is -1.00. The van der Waals surface area contributed by atoms with Gasteiger partial charge in [-0.3, -0.25) is 9.97 Å². The van der Waals surface area contributed by atoms with Crippen LogP contribution in [0.2, 0.25) is 0 Å². The minimum absolute atomic E-state index is 0.202. The molecule has 0 aromatic carbocycles. The molecule has 1 unspecified atom stereocenters. The van der Waals surface area contributed by atoms with E-state index in [2.05, 4.69) is 9.97 Å². The van der Waals surface area contributed by atoms with E-state index in [9.17, 15) is 5.11 Å². The third-order valence-corrected chi connectivity index (χ3v) is 2.34. The van der Waals surface area contributed by atoms with Crippen molar-refractivity contribution in [2.75, 3.05) is 6.54 Å².